The number of nitro groups is 1. The number of nitrogens with one attached hydrogen (secondary N) is 1. The van der Waals surface area contributed by atoms with Crippen LogP contribution in [0.1, 0.15) is 49.6 Å². The minimum atomic E-state index is -0.943. The van der Waals surface area contributed by atoms with Crippen molar-refractivity contribution in [2.45, 2.75) is 19.8 Å². The first-order chi connectivity index (χ1) is 13.4. The minimum absolute atomic E-state index is 0.177. The van der Waals surface area contributed by atoms with Gasteiger partial charge in [0.15, 0.2) is 6.61 Å². The van der Waals surface area contributed by atoms with Gasteiger partial charge in [-0.3, -0.25) is 19.7 Å². The fraction of sp³-hybridized carbons (Fsp3) is 0.316. The highest BCUT2D eigenvalue weighted by atomic mass is 16.6. The Morgan fingerprint density at radius 2 is 1.96 bits per heavy atom. The van der Waals surface area contributed by atoms with Gasteiger partial charge in [-0.25, -0.2) is 4.79 Å². The summed E-state index contributed by atoms with van der Waals surface area (Å²) in [5, 5.41) is 11.1. The predicted molar refractivity (Wildman–Crippen MR) is 98.4 cm³/mol. The number of esters is 1. The van der Waals surface area contributed by atoms with E-state index in [1.54, 1.807) is 17.9 Å². The molecule has 0 saturated carbocycles. The quantitative estimate of drug-likeness (QED) is 0.353. The number of hydrogen-bond donors (Lipinski definition) is 1. The average molecular weight is 385 g/mol. The first-order valence-electron chi connectivity index (χ1n) is 8.80. The molecule has 1 aliphatic rings. The number of benzene rings is 1. The van der Waals surface area contributed by atoms with Gasteiger partial charge in [-0.2, -0.15) is 0 Å². The second-order valence-electron chi connectivity index (χ2n) is 6.53. The molecule has 1 amide bonds. The Bertz CT molecular complexity index is 943. The number of aryl methyl sites for hydroxylation is 1. The molecular weight excluding hydrogens is 366 g/mol. The number of nitrogens with zero attached hydrogens (tertiary/aromatic N) is 2. The number of aromatic amines is 1. The van der Waals surface area contributed by atoms with Crippen LogP contribution in [0.2, 0.25) is 0 Å². The van der Waals surface area contributed by atoms with E-state index >= 15 is 0 Å². The number of ether oxygens (including phenoxy) is 1. The van der Waals surface area contributed by atoms with E-state index in [1.165, 1.54) is 24.4 Å². The molecule has 0 bridgehead atoms. The highest BCUT2D eigenvalue weighted by Gasteiger charge is 2.25. The fourth-order valence-electron chi connectivity index (χ4n) is 3.13. The predicted octanol–water partition coefficient (Wildman–Crippen LogP) is 2.51. The molecule has 3 rings (SSSR count). The van der Waals surface area contributed by atoms with Gasteiger partial charge < -0.3 is 14.6 Å². The molecule has 1 saturated heterocycles. The Labute approximate surface area is 160 Å². The molecule has 0 aliphatic carbocycles. The van der Waals surface area contributed by atoms with Gasteiger partial charge >= 0.3 is 5.97 Å². The van der Waals surface area contributed by atoms with Crippen LogP contribution in [0.5, 0.6) is 0 Å². The minimum Gasteiger partial charge on any atom is -0.453 e. The molecule has 9 nitrogen and oxygen atoms in total. The summed E-state index contributed by atoms with van der Waals surface area (Å²) in [7, 11) is 0. The summed E-state index contributed by atoms with van der Waals surface area (Å²) in [6.45, 7) is 2.34. The lowest BCUT2D eigenvalue weighted by Gasteiger charge is -2.13. The van der Waals surface area contributed by atoms with Crippen LogP contribution in [0.25, 0.3) is 0 Å². The third-order valence-corrected chi connectivity index (χ3v) is 4.61. The summed E-state index contributed by atoms with van der Waals surface area (Å²) in [5.41, 5.74) is 0.324. The fourth-order valence-corrected chi connectivity index (χ4v) is 3.13. The van der Waals surface area contributed by atoms with Gasteiger partial charge in [-0.15, -0.1) is 0 Å². The molecule has 2 heterocycles. The van der Waals surface area contributed by atoms with Crippen LogP contribution in [0, 0.1) is 17.0 Å². The number of nitro benzene ring substituents is 1. The summed E-state index contributed by atoms with van der Waals surface area (Å²) >= 11 is 0. The molecule has 1 aromatic heterocycles. The Morgan fingerprint density at radius 3 is 2.64 bits per heavy atom. The zero-order chi connectivity index (χ0) is 20.3. The van der Waals surface area contributed by atoms with Gasteiger partial charge in [0.1, 0.15) is 11.3 Å². The van der Waals surface area contributed by atoms with Gasteiger partial charge in [0.2, 0.25) is 5.78 Å². The maximum Gasteiger partial charge on any atom is 0.345 e. The van der Waals surface area contributed by atoms with E-state index in [2.05, 4.69) is 4.98 Å². The summed E-state index contributed by atoms with van der Waals surface area (Å²) in [6, 6.07) is 5.64. The van der Waals surface area contributed by atoms with Crippen molar-refractivity contribution in [3.8, 4) is 0 Å². The van der Waals surface area contributed by atoms with Crippen LogP contribution in [0.15, 0.2) is 30.5 Å². The lowest BCUT2D eigenvalue weighted by atomic mass is 10.1. The Kier molecular flexibility index (Phi) is 5.53. The van der Waals surface area contributed by atoms with Crippen molar-refractivity contribution in [1.82, 2.24) is 9.88 Å². The average Bonchev–Trinajstić information content (AvgIpc) is 3.36. The van der Waals surface area contributed by atoms with Gasteiger partial charge in [0.05, 0.1) is 4.92 Å². The van der Waals surface area contributed by atoms with E-state index in [0.29, 0.717) is 24.3 Å². The lowest BCUT2D eigenvalue weighted by Crippen LogP contribution is -2.27. The molecular formula is C19H19N3O6. The molecule has 146 valence electrons. The van der Waals surface area contributed by atoms with Gasteiger partial charge in [0, 0.05) is 30.9 Å². The largest absolute Gasteiger partial charge is 0.453 e. The highest BCUT2D eigenvalue weighted by molar-refractivity contribution is 6.02. The van der Waals surface area contributed by atoms with Crippen LogP contribution < -0.4 is 0 Å². The van der Waals surface area contributed by atoms with Crippen molar-refractivity contribution in [3.63, 3.8) is 0 Å². The summed E-state index contributed by atoms with van der Waals surface area (Å²) in [6.07, 6.45) is 3.30. The molecule has 28 heavy (non-hydrogen) atoms. The monoisotopic (exact) mass is 385 g/mol. The maximum atomic E-state index is 12.3. The second kappa shape index (κ2) is 8.03. The molecule has 0 unspecified atom stereocenters. The standard InChI is InChI=1S/C19H19N3O6/c1-12-5-4-6-15(22(26)27)17(12)19(25)28-11-16(23)13-9-14(20-10-13)18(24)21-7-2-3-8-21/h4-6,9-10,20H,2-3,7-8,11H2,1H3. The van der Waals surface area contributed by atoms with Crippen molar-refractivity contribution in [2.24, 2.45) is 0 Å². The molecule has 1 aromatic carbocycles. The molecule has 0 radical (unpaired) electrons. The normalized spacial score (nSPS) is 13.4. The van der Waals surface area contributed by atoms with E-state index in [1.807, 2.05) is 0 Å². The number of carbonyl (C=O) groups is 3. The SMILES string of the molecule is Cc1cccc([N+](=O)[O-])c1C(=O)OCC(=O)c1c[nH]c(C(=O)N2CCCC2)c1. The third kappa shape index (κ3) is 3.93. The number of amides is 1. The topological polar surface area (TPSA) is 123 Å². The van der Waals surface area contributed by atoms with Crippen LogP contribution in [-0.2, 0) is 4.74 Å². The zero-order valence-corrected chi connectivity index (χ0v) is 15.3. The van der Waals surface area contributed by atoms with E-state index < -0.39 is 23.3 Å². The highest BCUT2D eigenvalue weighted by Crippen LogP contribution is 2.23. The number of rotatable bonds is 6. The van der Waals surface area contributed by atoms with Crippen molar-refractivity contribution in [2.75, 3.05) is 19.7 Å². The van der Waals surface area contributed by atoms with Gasteiger partial charge in [-0.05, 0) is 31.4 Å². The van der Waals surface area contributed by atoms with E-state index in [-0.39, 0.29) is 22.7 Å². The number of likely N-dealkylation sites (tertiary alicyclic amines) is 1. The summed E-state index contributed by atoms with van der Waals surface area (Å²) < 4.78 is 4.98. The third-order valence-electron chi connectivity index (χ3n) is 4.61. The summed E-state index contributed by atoms with van der Waals surface area (Å²) in [4.78, 5) is 51.8. The number of aromatic nitrogens is 1. The Hall–Kier alpha value is -3.49. The zero-order valence-electron chi connectivity index (χ0n) is 15.3. The summed E-state index contributed by atoms with van der Waals surface area (Å²) in [5.74, 6) is -1.63. The molecule has 1 fully saturated rings. The van der Waals surface area contributed by atoms with E-state index in [9.17, 15) is 24.5 Å². The van der Waals surface area contributed by atoms with Crippen LogP contribution in [-0.4, -0.2) is 52.2 Å². The number of H-pyrrole nitrogens is 1. The molecule has 0 atom stereocenters. The maximum absolute atomic E-state index is 12.3. The molecule has 9 heteroatoms. The lowest BCUT2D eigenvalue weighted by molar-refractivity contribution is -0.385. The first kappa shape index (κ1) is 19.3. The number of Topliss-reactive ketones (excluding diaryl/α,β-unsaturated/α-hetero) is 1. The van der Waals surface area contributed by atoms with Gasteiger partial charge in [-0.1, -0.05) is 12.1 Å². The van der Waals surface area contributed by atoms with Gasteiger partial charge in [0.25, 0.3) is 11.6 Å². The number of hydrogen-bond acceptors (Lipinski definition) is 6. The Morgan fingerprint density at radius 1 is 1.25 bits per heavy atom. The van der Waals surface area contributed by atoms with Crippen LogP contribution in [0.3, 0.4) is 0 Å². The number of ketones is 1. The molecule has 1 aliphatic heterocycles. The first-order valence-corrected chi connectivity index (χ1v) is 8.80. The van der Waals surface area contributed by atoms with Crippen molar-refractivity contribution >= 4 is 23.3 Å². The van der Waals surface area contributed by atoms with E-state index in [4.69, 9.17) is 4.74 Å². The van der Waals surface area contributed by atoms with Crippen LogP contribution >= 0.6 is 0 Å². The molecule has 0 spiro atoms. The van der Waals surface area contributed by atoms with Crippen molar-refractivity contribution in [3.05, 3.63) is 63.0 Å². The van der Waals surface area contributed by atoms with Crippen molar-refractivity contribution < 1.29 is 24.0 Å². The molecule has 1 N–H and O–H groups in total. The molecule has 2 aromatic rings. The van der Waals surface area contributed by atoms with Crippen molar-refractivity contribution in [1.29, 1.82) is 0 Å². The Balaban J connectivity index is 1.66. The van der Waals surface area contributed by atoms with Crippen LogP contribution in [0.4, 0.5) is 5.69 Å². The smallest absolute Gasteiger partial charge is 0.345 e. The second-order valence-corrected chi connectivity index (χ2v) is 6.53. The van der Waals surface area contributed by atoms with E-state index in [0.717, 1.165) is 12.8 Å². The number of carbonyl (C=O) groups excluding carboxylic acids is 3.